The Balaban J connectivity index is -0.00000150. The molecule has 0 rings (SSSR count). The maximum Gasteiger partial charge on any atom is 0.500 e. The van der Waals surface area contributed by atoms with Gasteiger partial charge in [-0.25, -0.2) is 0 Å². The van der Waals surface area contributed by atoms with Crippen LogP contribution in [0, 0.1) is 0 Å². The molecule has 0 heterocycles. The molecule has 0 aromatic carbocycles. The van der Waals surface area contributed by atoms with E-state index in [4.69, 9.17) is 13.3 Å². The molecule has 0 atom stereocenters. The molecule has 0 spiro atoms. The van der Waals surface area contributed by atoms with Gasteiger partial charge in [-0.3, -0.25) is 0 Å². The number of quaternary nitrogens is 1. The Morgan fingerprint density at radius 1 is 0.471 bits per heavy atom. The van der Waals surface area contributed by atoms with Crippen LogP contribution >= 0.6 is 71.9 Å². The molecule has 8 heteroatoms. The first-order valence-electron chi connectivity index (χ1n) is 13.4. The van der Waals surface area contributed by atoms with Gasteiger partial charge in [0.05, 0.1) is 27.2 Å². The van der Waals surface area contributed by atoms with Gasteiger partial charge in [0.15, 0.2) is 0 Å². The van der Waals surface area contributed by atoms with Crippen LogP contribution in [0.3, 0.4) is 0 Å². The van der Waals surface area contributed by atoms with Gasteiger partial charge in [0.2, 0.25) is 0 Å². The molecule has 0 unspecified atom stereocenters. The van der Waals surface area contributed by atoms with E-state index in [0.717, 1.165) is 23.5 Å². The molecule has 0 N–H and O–H groups in total. The van der Waals surface area contributed by atoms with E-state index in [1.807, 2.05) is 0 Å². The number of hydrogen-bond donors (Lipinski definition) is 0. The van der Waals surface area contributed by atoms with E-state index in [0.29, 0.717) is 0 Å². The van der Waals surface area contributed by atoms with E-state index in [-0.39, 0.29) is 71.9 Å². The van der Waals surface area contributed by atoms with Gasteiger partial charge >= 0.3 is 8.80 Å². The Morgan fingerprint density at radius 3 is 1.09 bits per heavy atom. The van der Waals surface area contributed by atoms with Crippen LogP contribution in [-0.4, -0.2) is 61.8 Å². The normalized spacial score (nSPS) is 11.5. The van der Waals surface area contributed by atoms with Crippen molar-refractivity contribution in [2.24, 2.45) is 0 Å². The predicted octanol–water partition coefficient (Wildman–Crippen LogP) is 9.45. The fraction of sp³-hybridized carbons (Fsp3) is 1.00. The minimum atomic E-state index is -2.40. The molecule has 4 nitrogen and oxygen atoms in total. The molecule has 0 saturated heterocycles. The zero-order valence-corrected chi connectivity index (χ0v) is 31.5. The van der Waals surface area contributed by atoms with Crippen LogP contribution in [0.25, 0.3) is 0 Å². The molecule has 34 heavy (non-hydrogen) atoms. The van der Waals surface area contributed by atoms with Crippen LogP contribution in [-0.2, 0) is 13.3 Å². The average molecular weight is 845 g/mol. The fourth-order valence-corrected chi connectivity index (χ4v) is 6.18. The van der Waals surface area contributed by atoms with E-state index in [1.165, 1.54) is 109 Å². The van der Waals surface area contributed by atoms with Gasteiger partial charge in [-0.15, -0.1) is 71.9 Å². The summed E-state index contributed by atoms with van der Waals surface area (Å²) in [5, 5.41) is 0. The number of unbranched alkanes of at least 4 members (excludes halogenated alkanes) is 15. The third-order valence-corrected chi connectivity index (χ3v) is 9.63. The van der Waals surface area contributed by atoms with E-state index < -0.39 is 8.80 Å². The van der Waals surface area contributed by atoms with Crippen LogP contribution in [0.4, 0.5) is 0 Å². The van der Waals surface area contributed by atoms with Gasteiger partial charge < -0.3 is 17.8 Å². The molecular weight excluding hydrogens is 783 g/mol. The van der Waals surface area contributed by atoms with Crippen molar-refractivity contribution < 1.29 is 17.8 Å². The van der Waals surface area contributed by atoms with Gasteiger partial charge in [-0.05, 0) is 12.8 Å². The zero-order chi connectivity index (χ0) is 23.3. The fourth-order valence-electron chi connectivity index (χ4n) is 4.48. The van der Waals surface area contributed by atoms with Crippen molar-refractivity contribution in [3.8, 4) is 0 Å². The summed E-state index contributed by atoms with van der Waals surface area (Å²) in [7, 11) is 7.40. The summed E-state index contributed by atoms with van der Waals surface area (Å²) in [6.45, 7) is 4.72. The van der Waals surface area contributed by atoms with Crippen LogP contribution in [0.15, 0.2) is 0 Å². The number of hydrogen-bond acceptors (Lipinski definition) is 3. The third-order valence-electron chi connectivity index (χ3n) is 6.80. The summed E-state index contributed by atoms with van der Waals surface area (Å²) >= 11 is 0. The van der Waals surface area contributed by atoms with Crippen molar-refractivity contribution in [3.63, 3.8) is 0 Å². The monoisotopic (exact) mass is 844 g/mol. The highest BCUT2D eigenvalue weighted by Crippen LogP contribution is 2.17. The first-order valence-corrected chi connectivity index (χ1v) is 15.4. The molecule has 0 aromatic rings. The zero-order valence-electron chi connectivity index (χ0n) is 23.5. The quantitative estimate of drug-likeness (QED) is 0.0420. The largest absolute Gasteiger partial charge is 0.500 e. The van der Waals surface area contributed by atoms with Crippen LogP contribution < -0.4 is 0 Å². The second-order valence-electron chi connectivity index (χ2n) is 10.1. The van der Waals surface area contributed by atoms with Crippen LogP contribution in [0.2, 0.25) is 6.04 Å². The molecule has 0 aromatic heterocycles. The smallest absolute Gasteiger partial charge is 0.377 e. The van der Waals surface area contributed by atoms with Gasteiger partial charge in [-0.2, -0.15) is 0 Å². The molecule has 0 bridgehead atoms. The summed E-state index contributed by atoms with van der Waals surface area (Å²) in [5.74, 6) is 0. The maximum absolute atomic E-state index is 5.53. The van der Waals surface area contributed by atoms with Gasteiger partial charge in [0.1, 0.15) is 0 Å². The highest BCUT2D eigenvalue weighted by atomic mass is 127. The number of rotatable bonds is 24. The van der Waals surface area contributed by atoms with Gasteiger partial charge in [0.25, 0.3) is 0 Å². The highest BCUT2D eigenvalue weighted by molar-refractivity contribution is 14.0. The lowest BCUT2D eigenvalue weighted by atomic mass is 10.0. The maximum atomic E-state index is 5.53. The highest BCUT2D eigenvalue weighted by Gasteiger charge is 2.37. The predicted molar refractivity (Wildman–Crippen MR) is 184 cm³/mol. The summed E-state index contributed by atoms with van der Waals surface area (Å²) in [6.07, 6.45) is 24.0. The summed E-state index contributed by atoms with van der Waals surface area (Å²) in [4.78, 5) is 0. The summed E-state index contributed by atoms with van der Waals surface area (Å²) in [6, 6.07) is 0.900. The Kier molecular flexibility index (Phi) is 38.0. The van der Waals surface area contributed by atoms with E-state index in [1.54, 1.807) is 21.3 Å². The first-order chi connectivity index (χ1) is 14.9. The van der Waals surface area contributed by atoms with Crippen LogP contribution in [0.1, 0.15) is 116 Å². The topological polar surface area (TPSA) is 27.7 Å². The molecule has 0 fully saturated rings. The molecule has 0 aliphatic carbocycles. The summed E-state index contributed by atoms with van der Waals surface area (Å²) in [5.41, 5.74) is 0. The minimum Gasteiger partial charge on any atom is -0.377 e. The van der Waals surface area contributed by atoms with E-state index in [9.17, 15) is 0 Å². The SMILES string of the molecule is CCCCCCCCCCCCCCCCCC[N+](C)(C)CCC[Si](OC)(OC)OC.I.I.I. The molecule has 0 aliphatic rings. The number of halogens is 3. The van der Waals surface area contributed by atoms with Crippen molar-refractivity contribution in [1.29, 1.82) is 0 Å². The van der Waals surface area contributed by atoms with Crippen LogP contribution in [0.5, 0.6) is 0 Å². The molecule has 0 saturated carbocycles. The Labute approximate surface area is 266 Å². The average Bonchev–Trinajstić information content (AvgIpc) is 2.76. The van der Waals surface area contributed by atoms with Crippen molar-refractivity contribution in [2.75, 3.05) is 48.5 Å². The lowest BCUT2D eigenvalue weighted by molar-refractivity contribution is -0.890. The van der Waals surface area contributed by atoms with Crippen molar-refractivity contribution in [1.82, 2.24) is 0 Å². The Morgan fingerprint density at radius 2 is 0.765 bits per heavy atom. The van der Waals surface area contributed by atoms with Crippen molar-refractivity contribution in [3.05, 3.63) is 0 Å². The third kappa shape index (κ3) is 25.9. The van der Waals surface area contributed by atoms with E-state index >= 15 is 0 Å². The second kappa shape index (κ2) is 29.8. The molecule has 212 valence electrons. The Bertz CT molecular complexity index is 382. The van der Waals surface area contributed by atoms with Gasteiger partial charge in [0, 0.05) is 33.8 Å². The first kappa shape index (κ1) is 43.3. The van der Waals surface area contributed by atoms with E-state index in [2.05, 4.69) is 21.0 Å². The van der Waals surface area contributed by atoms with Crippen molar-refractivity contribution >= 4 is 80.7 Å². The Hall–Kier alpha value is 2.25. The number of nitrogens with zero attached hydrogens (tertiary/aromatic N) is 1. The van der Waals surface area contributed by atoms with Gasteiger partial charge in [-0.1, -0.05) is 96.8 Å². The second-order valence-corrected chi connectivity index (χ2v) is 13.2. The standard InChI is InChI=1S/C26H58NO3Si.3HI/c1-7-8-9-10-11-12-13-14-15-16-17-18-19-20-21-22-24-27(2,3)25-23-26-31(28-4,29-5)30-6;;;/h7-26H2,1-6H3;3*1H/q+1;;;. The lowest BCUT2D eigenvalue weighted by Crippen LogP contribution is -2.45. The molecular formula is C26H61I3NO3Si+. The molecule has 0 amide bonds. The summed E-state index contributed by atoms with van der Waals surface area (Å²) < 4.78 is 17.7. The minimum absolute atomic E-state index is 0. The molecule has 0 aliphatic heterocycles. The van der Waals surface area contributed by atoms with Crippen molar-refractivity contribution in [2.45, 2.75) is 122 Å². The lowest BCUT2D eigenvalue weighted by Gasteiger charge is -2.31. The molecule has 0 radical (unpaired) electrons.